The van der Waals surface area contributed by atoms with Gasteiger partial charge >= 0.3 is 5.97 Å². The largest absolute Gasteiger partial charge is 0.481 e. The number of nitrogens with zero attached hydrogens (tertiary/aromatic N) is 3. The maximum Gasteiger partial charge on any atom is 0.303 e. The summed E-state index contributed by atoms with van der Waals surface area (Å²) in [5.41, 5.74) is 2.02. The SMILES string of the molecule is CC[C@H](Oc1cc2onc(CCC(=O)O)c2cc1Cl)c1ncc(C)cn1. The molecule has 2 aromatic heterocycles. The molecule has 0 spiro atoms. The molecule has 0 amide bonds. The van der Waals surface area contributed by atoms with Crippen molar-refractivity contribution >= 4 is 28.5 Å². The Hall–Kier alpha value is -2.67. The molecule has 8 heteroatoms. The Bertz CT molecular complexity index is 924. The van der Waals surface area contributed by atoms with Crippen LogP contribution in [-0.4, -0.2) is 26.2 Å². The fourth-order valence-electron chi connectivity index (χ4n) is 2.53. The van der Waals surface area contributed by atoms with Crippen LogP contribution in [0.5, 0.6) is 5.75 Å². The number of fused-ring (bicyclic) bond motifs is 1. The van der Waals surface area contributed by atoms with Gasteiger partial charge < -0.3 is 14.4 Å². The zero-order valence-corrected chi connectivity index (χ0v) is 15.2. The molecular formula is C18H18ClN3O4. The van der Waals surface area contributed by atoms with Crippen LogP contribution >= 0.6 is 11.6 Å². The molecule has 0 aliphatic rings. The van der Waals surface area contributed by atoms with Crippen LogP contribution < -0.4 is 4.74 Å². The molecule has 1 N–H and O–H groups in total. The highest BCUT2D eigenvalue weighted by molar-refractivity contribution is 6.32. The van der Waals surface area contributed by atoms with E-state index >= 15 is 0 Å². The molecule has 0 unspecified atom stereocenters. The lowest BCUT2D eigenvalue weighted by atomic mass is 10.1. The Morgan fingerprint density at radius 3 is 2.73 bits per heavy atom. The summed E-state index contributed by atoms with van der Waals surface area (Å²) in [6, 6.07) is 3.34. The maximum atomic E-state index is 10.7. The molecule has 7 nitrogen and oxygen atoms in total. The van der Waals surface area contributed by atoms with Gasteiger partial charge in [-0.05, 0) is 25.0 Å². The minimum Gasteiger partial charge on any atom is -0.481 e. The van der Waals surface area contributed by atoms with Crippen molar-refractivity contribution in [3.05, 3.63) is 46.6 Å². The quantitative estimate of drug-likeness (QED) is 0.662. The number of aliphatic carboxylic acids is 1. The standard InChI is InChI=1S/C18H18ClN3O4/c1-3-14(18-20-8-10(2)9-21-18)25-16-7-15-11(6-12(16)19)13(22-26-15)4-5-17(23)24/h6-9,14H,3-5H2,1-2H3,(H,23,24)/t14-/m0/s1. The average molecular weight is 376 g/mol. The van der Waals surface area contributed by atoms with Crippen LogP contribution in [0.4, 0.5) is 0 Å². The number of hydrogen-bond acceptors (Lipinski definition) is 6. The van der Waals surface area contributed by atoms with Crippen LogP contribution in [-0.2, 0) is 11.2 Å². The third-order valence-corrected chi connectivity index (χ3v) is 4.20. The monoisotopic (exact) mass is 375 g/mol. The lowest BCUT2D eigenvalue weighted by Crippen LogP contribution is -2.11. The van der Waals surface area contributed by atoms with Crippen molar-refractivity contribution in [2.24, 2.45) is 0 Å². The molecule has 3 aromatic rings. The van der Waals surface area contributed by atoms with Gasteiger partial charge in [0.15, 0.2) is 17.5 Å². The highest BCUT2D eigenvalue weighted by Gasteiger charge is 2.19. The van der Waals surface area contributed by atoms with Gasteiger partial charge in [0.05, 0.1) is 17.1 Å². The van der Waals surface area contributed by atoms with Crippen LogP contribution in [0.2, 0.25) is 5.02 Å². The fraction of sp³-hybridized carbons (Fsp3) is 0.333. The molecule has 136 valence electrons. The van der Waals surface area contributed by atoms with Gasteiger partial charge in [0.2, 0.25) is 0 Å². The molecular weight excluding hydrogens is 358 g/mol. The highest BCUT2D eigenvalue weighted by atomic mass is 35.5. The molecule has 0 saturated heterocycles. The predicted octanol–water partition coefficient (Wildman–Crippen LogP) is 4.13. The maximum absolute atomic E-state index is 10.7. The second-order valence-electron chi connectivity index (χ2n) is 5.94. The van der Waals surface area contributed by atoms with E-state index in [2.05, 4.69) is 15.1 Å². The Labute approximate surface area is 155 Å². The topological polar surface area (TPSA) is 98.3 Å². The van der Waals surface area contributed by atoms with E-state index in [0.29, 0.717) is 39.7 Å². The number of aromatic nitrogens is 3. The Balaban J connectivity index is 1.86. The van der Waals surface area contributed by atoms with Gasteiger partial charge in [0.25, 0.3) is 0 Å². The molecule has 1 aromatic carbocycles. The number of aryl methyl sites for hydroxylation is 2. The van der Waals surface area contributed by atoms with E-state index in [-0.39, 0.29) is 18.9 Å². The van der Waals surface area contributed by atoms with Crippen molar-refractivity contribution in [3.63, 3.8) is 0 Å². The normalized spacial score (nSPS) is 12.3. The first-order chi connectivity index (χ1) is 12.5. The summed E-state index contributed by atoms with van der Waals surface area (Å²) in [5, 5.41) is 13.8. The van der Waals surface area contributed by atoms with Gasteiger partial charge in [0.1, 0.15) is 5.75 Å². The molecule has 0 bridgehead atoms. The van der Waals surface area contributed by atoms with E-state index in [0.717, 1.165) is 5.56 Å². The zero-order chi connectivity index (χ0) is 18.7. The number of rotatable bonds is 7. The molecule has 0 saturated carbocycles. The van der Waals surface area contributed by atoms with E-state index < -0.39 is 5.97 Å². The first-order valence-corrected chi connectivity index (χ1v) is 8.60. The molecule has 3 rings (SSSR count). The number of halogens is 1. The highest BCUT2D eigenvalue weighted by Crippen LogP contribution is 2.35. The predicted molar refractivity (Wildman–Crippen MR) is 95.4 cm³/mol. The first-order valence-electron chi connectivity index (χ1n) is 8.22. The molecule has 0 fully saturated rings. The zero-order valence-electron chi connectivity index (χ0n) is 14.4. The van der Waals surface area contributed by atoms with E-state index in [1.807, 2.05) is 13.8 Å². The lowest BCUT2D eigenvalue weighted by Gasteiger charge is -2.17. The number of carboxylic acid groups (broad SMARTS) is 1. The number of ether oxygens (including phenoxy) is 1. The van der Waals surface area contributed by atoms with Crippen LogP contribution in [0.15, 0.2) is 29.0 Å². The summed E-state index contributed by atoms with van der Waals surface area (Å²) >= 11 is 6.36. The van der Waals surface area contributed by atoms with E-state index in [4.69, 9.17) is 26.0 Å². The fourth-order valence-corrected chi connectivity index (χ4v) is 2.73. The van der Waals surface area contributed by atoms with Crippen molar-refractivity contribution in [2.45, 2.75) is 39.2 Å². The van der Waals surface area contributed by atoms with Crippen molar-refractivity contribution in [1.29, 1.82) is 0 Å². The van der Waals surface area contributed by atoms with Crippen molar-refractivity contribution in [1.82, 2.24) is 15.1 Å². The van der Waals surface area contributed by atoms with Gasteiger partial charge in [-0.2, -0.15) is 0 Å². The van der Waals surface area contributed by atoms with Gasteiger partial charge in [0, 0.05) is 30.3 Å². The van der Waals surface area contributed by atoms with E-state index in [9.17, 15) is 4.79 Å². The Morgan fingerprint density at radius 2 is 2.08 bits per heavy atom. The molecule has 1 atom stereocenters. The van der Waals surface area contributed by atoms with Gasteiger partial charge in [-0.15, -0.1) is 0 Å². The van der Waals surface area contributed by atoms with Gasteiger partial charge in [-0.1, -0.05) is 23.7 Å². The van der Waals surface area contributed by atoms with E-state index in [1.165, 1.54) is 0 Å². The minimum atomic E-state index is -0.893. The second kappa shape index (κ2) is 7.70. The molecule has 0 radical (unpaired) electrons. The summed E-state index contributed by atoms with van der Waals surface area (Å²) in [6.07, 6.45) is 4.04. The van der Waals surface area contributed by atoms with Crippen molar-refractivity contribution in [2.75, 3.05) is 0 Å². The number of carbonyl (C=O) groups is 1. The summed E-state index contributed by atoms with van der Waals surface area (Å²) in [5.74, 6) is 0.126. The lowest BCUT2D eigenvalue weighted by molar-refractivity contribution is -0.136. The van der Waals surface area contributed by atoms with Crippen LogP contribution in [0.1, 0.15) is 43.0 Å². The van der Waals surface area contributed by atoms with Gasteiger partial charge in [-0.3, -0.25) is 4.79 Å². The number of benzene rings is 1. The van der Waals surface area contributed by atoms with Crippen molar-refractivity contribution in [3.8, 4) is 5.75 Å². The van der Waals surface area contributed by atoms with Crippen LogP contribution in [0.3, 0.4) is 0 Å². The Morgan fingerprint density at radius 1 is 1.35 bits per heavy atom. The third kappa shape index (κ3) is 3.94. The Kier molecular flexibility index (Phi) is 5.37. The average Bonchev–Trinajstić information content (AvgIpc) is 3.00. The smallest absolute Gasteiger partial charge is 0.303 e. The summed E-state index contributed by atoms with van der Waals surface area (Å²) in [7, 11) is 0. The summed E-state index contributed by atoms with van der Waals surface area (Å²) in [4.78, 5) is 19.4. The molecule has 2 heterocycles. The molecule has 26 heavy (non-hydrogen) atoms. The van der Waals surface area contributed by atoms with Crippen molar-refractivity contribution < 1.29 is 19.2 Å². The minimum absolute atomic E-state index is 0.0276. The summed E-state index contributed by atoms with van der Waals surface area (Å²) < 4.78 is 11.3. The van der Waals surface area contributed by atoms with Gasteiger partial charge in [-0.25, -0.2) is 9.97 Å². The number of hydrogen-bond donors (Lipinski definition) is 1. The summed E-state index contributed by atoms with van der Waals surface area (Å²) in [6.45, 7) is 3.89. The first kappa shape index (κ1) is 18.1. The van der Waals surface area contributed by atoms with Crippen LogP contribution in [0.25, 0.3) is 11.0 Å². The van der Waals surface area contributed by atoms with Crippen LogP contribution in [0, 0.1) is 6.92 Å². The molecule has 0 aliphatic carbocycles. The van der Waals surface area contributed by atoms with E-state index in [1.54, 1.807) is 24.5 Å². The number of carboxylic acids is 1. The third-order valence-electron chi connectivity index (χ3n) is 3.90. The second-order valence-corrected chi connectivity index (χ2v) is 6.34. The molecule has 0 aliphatic heterocycles.